The normalized spacial score (nSPS) is 10.6. The van der Waals surface area contributed by atoms with Crippen LogP contribution in [0.1, 0.15) is 48.1 Å². The van der Waals surface area contributed by atoms with Crippen molar-refractivity contribution in [2.24, 2.45) is 0 Å². The molecule has 0 bridgehead atoms. The molecular weight excluding hydrogens is 282 g/mol. The molecule has 2 aromatic rings. The molecule has 0 unspecified atom stereocenters. The lowest BCUT2D eigenvalue weighted by atomic mass is 10.1. The van der Waals surface area contributed by atoms with Crippen molar-refractivity contribution >= 4 is 17.3 Å². The van der Waals surface area contributed by atoms with Crippen LogP contribution in [0.3, 0.4) is 0 Å². The number of aromatic nitrogens is 1. The van der Waals surface area contributed by atoms with Gasteiger partial charge in [-0.2, -0.15) is 0 Å². The number of aryl methyl sites for hydroxylation is 2. The van der Waals surface area contributed by atoms with Gasteiger partial charge in [0.1, 0.15) is 0 Å². The molecule has 0 atom stereocenters. The molecule has 0 aliphatic heterocycles. The van der Waals surface area contributed by atoms with Gasteiger partial charge >= 0.3 is 5.97 Å². The quantitative estimate of drug-likeness (QED) is 0.737. The lowest BCUT2D eigenvalue weighted by molar-refractivity contribution is 0.0524. The van der Waals surface area contributed by atoms with Gasteiger partial charge in [0.05, 0.1) is 28.4 Å². The summed E-state index contributed by atoms with van der Waals surface area (Å²) < 4.78 is 5.11. The maximum absolute atomic E-state index is 12.0. The maximum atomic E-state index is 12.0. The Morgan fingerprint density at radius 2 is 2.00 bits per heavy atom. The standard InChI is InChI=1S/C17H21NO2S/c1-4-7-14-13(17(19)20-6-3)9-10-15(18-14)16-11-8-12(5-2)21-16/h8-11H,4-7H2,1-3H3. The summed E-state index contributed by atoms with van der Waals surface area (Å²) in [5.41, 5.74) is 2.37. The predicted molar refractivity (Wildman–Crippen MR) is 86.9 cm³/mol. The number of carbonyl (C=O) groups excluding carboxylic acids is 1. The molecule has 0 saturated carbocycles. The Labute approximate surface area is 130 Å². The lowest BCUT2D eigenvalue weighted by Crippen LogP contribution is -2.10. The number of ether oxygens (including phenoxy) is 1. The first-order valence-corrected chi connectivity index (χ1v) is 8.27. The zero-order valence-electron chi connectivity index (χ0n) is 12.8. The van der Waals surface area contributed by atoms with Crippen LogP contribution in [0.2, 0.25) is 0 Å². The number of carbonyl (C=O) groups is 1. The van der Waals surface area contributed by atoms with E-state index in [0.717, 1.165) is 35.5 Å². The highest BCUT2D eigenvalue weighted by molar-refractivity contribution is 7.15. The van der Waals surface area contributed by atoms with E-state index in [0.29, 0.717) is 12.2 Å². The molecule has 0 aromatic carbocycles. The SMILES string of the molecule is CCCc1nc(-c2ccc(CC)s2)ccc1C(=O)OCC. The van der Waals surface area contributed by atoms with E-state index in [2.05, 4.69) is 26.0 Å². The van der Waals surface area contributed by atoms with E-state index < -0.39 is 0 Å². The summed E-state index contributed by atoms with van der Waals surface area (Å²) in [6, 6.07) is 8.00. The molecule has 0 spiro atoms. The van der Waals surface area contributed by atoms with E-state index in [1.165, 1.54) is 4.88 Å². The van der Waals surface area contributed by atoms with Gasteiger partial charge in [-0.1, -0.05) is 20.3 Å². The lowest BCUT2D eigenvalue weighted by Gasteiger charge is -2.09. The largest absolute Gasteiger partial charge is 0.462 e. The summed E-state index contributed by atoms with van der Waals surface area (Å²) in [6.45, 7) is 6.44. The van der Waals surface area contributed by atoms with Gasteiger partial charge in [-0.05, 0) is 44.0 Å². The Balaban J connectivity index is 2.37. The molecule has 112 valence electrons. The third-order valence-electron chi connectivity index (χ3n) is 3.22. The van der Waals surface area contributed by atoms with Gasteiger partial charge in [0.15, 0.2) is 0 Å². The highest BCUT2D eigenvalue weighted by Crippen LogP contribution is 2.28. The molecule has 0 fully saturated rings. The summed E-state index contributed by atoms with van der Waals surface area (Å²) in [5, 5.41) is 0. The van der Waals surface area contributed by atoms with Crippen molar-refractivity contribution in [3.63, 3.8) is 0 Å². The van der Waals surface area contributed by atoms with Crippen molar-refractivity contribution < 1.29 is 9.53 Å². The van der Waals surface area contributed by atoms with Gasteiger partial charge in [0, 0.05) is 4.88 Å². The summed E-state index contributed by atoms with van der Waals surface area (Å²) in [5.74, 6) is -0.277. The first-order valence-electron chi connectivity index (χ1n) is 7.45. The second-order valence-electron chi connectivity index (χ2n) is 4.78. The van der Waals surface area contributed by atoms with E-state index in [1.54, 1.807) is 11.3 Å². The molecule has 0 radical (unpaired) electrons. The van der Waals surface area contributed by atoms with E-state index >= 15 is 0 Å². The van der Waals surface area contributed by atoms with Crippen molar-refractivity contribution in [1.82, 2.24) is 4.98 Å². The number of thiophene rings is 1. The second kappa shape index (κ2) is 7.36. The fourth-order valence-electron chi connectivity index (χ4n) is 2.17. The number of nitrogens with zero attached hydrogens (tertiary/aromatic N) is 1. The molecule has 3 nitrogen and oxygen atoms in total. The van der Waals surface area contributed by atoms with Gasteiger partial charge in [-0.3, -0.25) is 4.98 Å². The second-order valence-corrected chi connectivity index (χ2v) is 5.95. The Hall–Kier alpha value is -1.68. The molecule has 0 aliphatic rings. The topological polar surface area (TPSA) is 39.2 Å². The average Bonchev–Trinajstić information content (AvgIpc) is 2.96. The minimum atomic E-state index is -0.277. The minimum Gasteiger partial charge on any atom is -0.462 e. The van der Waals surface area contributed by atoms with Gasteiger partial charge in [-0.25, -0.2) is 4.79 Å². The van der Waals surface area contributed by atoms with Crippen LogP contribution in [0.25, 0.3) is 10.6 Å². The van der Waals surface area contributed by atoms with Crippen molar-refractivity contribution in [2.75, 3.05) is 6.61 Å². The van der Waals surface area contributed by atoms with Crippen molar-refractivity contribution in [2.45, 2.75) is 40.0 Å². The maximum Gasteiger partial charge on any atom is 0.339 e. The van der Waals surface area contributed by atoms with Crippen LogP contribution in [0, 0.1) is 0 Å². The van der Waals surface area contributed by atoms with Gasteiger partial charge in [-0.15, -0.1) is 11.3 Å². The number of esters is 1. The summed E-state index contributed by atoms with van der Waals surface area (Å²) in [6.07, 6.45) is 2.77. The van der Waals surface area contributed by atoms with E-state index in [1.807, 2.05) is 19.1 Å². The minimum absolute atomic E-state index is 0.277. The number of rotatable bonds is 6. The van der Waals surface area contributed by atoms with Crippen molar-refractivity contribution in [3.05, 3.63) is 40.4 Å². The third-order valence-corrected chi connectivity index (χ3v) is 4.47. The third kappa shape index (κ3) is 3.70. The summed E-state index contributed by atoms with van der Waals surface area (Å²) >= 11 is 1.76. The first kappa shape index (κ1) is 15.7. The van der Waals surface area contributed by atoms with Gasteiger partial charge < -0.3 is 4.74 Å². The fraction of sp³-hybridized carbons (Fsp3) is 0.412. The predicted octanol–water partition coefficient (Wildman–Crippen LogP) is 4.50. The van der Waals surface area contributed by atoms with Crippen LogP contribution >= 0.6 is 11.3 Å². The highest BCUT2D eigenvalue weighted by atomic mass is 32.1. The molecule has 2 aromatic heterocycles. The molecule has 2 rings (SSSR count). The highest BCUT2D eigenvalue weighted by Gasteiger charge is 2.15. The molecule has 4 heteroatoms. The van der Waals surface area contributed by atoms with Crippen LogP contribution in [0.4, 0.5) is 0 Å². The van der Waals surface area contributed by atoms with E-state index in [9.17, 15) is 4.79 Å². The van der Waals surface area contributed by atoms with Gasteiger partial charge in [0.25, 0.3) is 0 Å². The molecule has 2 heterocycles. The Kier molecular flexibility index (Phi) is 5.51. The van der Waals surface area contributed by atoms with Crippen LogP contribution in [0.5, 0.6) is 0 Å². The van der Waals surface area contributed by atoms with Crippen LogP contribution in [-0.2, 0) is 17.6 Å². The van der Waals surface area contributed by atoms with E-state index in [-0.39, 0.29) is 5.97 Å². The fourth-order valence-corrected chi connectivity index (χ4v) is 3.08. The van der Waals surface area contributed by atoms with Crippen molar-refractivity contribution in [1.29, 1.82) is 0 Å². The number of hydrogen-bond donors (Lipinski definition) is 0. The molecular formula is C17H21NO2S. The Morgan fingerprint density at radius 3 is 2.62 bits per heavy atom. The Morgan fingerprint density at radius 1 is 1.19 bits per heavy atom. The molecule has 0 saturated heterocycles. The first-order chi connectivity index (χ1) is 10.2. The zero-order valence-corrected chi connectivity index (χ0v) is 13.6. The number of hydrogen-bond acceptors (Lipinski definition) is 4. The number of pyridine rings is 1. The van der Waals surface area contributed by atoms with Crippen molar-refractivity contribution in [3.8, 4) is 10.6 Å². The molecule has 0 amide bonds. The van der Waals surface area contributed by atoms with Crippen LogP contribution in [0.15, 0.2) is 24.3 Å². The van der Waals surface area contributed by atoms with E-state index in [4.69, 9.17) is 9.72 Å². The Bertz CT molecular complexity index is 619. The van der Waals surface area contributed by atoms with Crippen LogP contribution < -0.4 is 0 Å². The molecule has 0 aliphatic carbocycles. The smallest absolute Gasteiger partial charge is 0.339 e. The van der Waals surface area contributed by atoms with Gasteiger partial charge in [0.2, 0.25) is 0 Å². The summed E-state index contributed by atoms with van der Waals surface area (Å²) in [7, 11) is 0. The average molecular weight is 303 g/mol. The summed E-state index contributed by atoms with van der Waals surface area (Å²) in [4.78, 5) is 19.2. The monoisotopic (exact) mass is 303 g/mol. The zero-order chi connectivity index (χ0) is 15.2. The molecule has 21 heavy (non-hydrogen) atoms. The molecule has 0 N–H and O–H groups in total. The van der Waals surface area contributed by atoms with Crippen LogP contribution in [-0.4, -0.2) is 17.6 Å².